The van der Waals surface area contributed by atoms with Crippen LogP contribution in [0.25, 0.3) is 11.0 Å². The van der Waals surface area contributed by atoms with Gasteiger partial charge in [-0.25, -0.2) is 9.59 Å². The number of carbonyl (C=O) groups excluding carboxylic acids is 1. The molecule has 0 atom stereocenters. The van der Waals surface area contributed by atoms with Gasteiger partial charge in [0.15, 0.2) is 5.75 Å². The molecule has 0 fully saturated rings. The van der Waals surface area contributed by atoms with Crippen LogP contribution in [0.15, 0.2) is 93.2 Å². The van der Waals surface area contributed by atoms with Gasteiger partial charge in [-0.1, -0.05) is 54.5 Å². The van der Waals surface area contributed by atoms with Crippen LogP contribution in [0.3, 0.4) is 0 Å². The van der Waals surface area contributed by atoms with Crippen molar-refractivity contribution in [3.05, 3.63) is 100.0 Å². The molecule has 0 radical (unpaired) electrons. The number of benzene rings is 2. The smallest absolute Gasteiger partial charge is 0.383 e. The van der Waals surface area contributed by atoms with Crippen LogP contribution in [0.2, 0.25) is 0 Å². The van der Waals surface area contributed by atoms with E-state index in [4.69, 9.17) is 18.6 Å². The summed E-state index contributed by atoms with van der Waals surface area (Å²) in [6, 6.07) is 13.6. The van der Waals surface area contributed by atoms with Crippen LogP contribution in [0.5, 0.6) is 17.2 Å². The lowest BCUT2D eigenvalue weighted by Crippen LogP contribution is -2.16. The zero-order valence-corrected chi connectivity index (χ0v) is 22.6. The van der Waals surface area contributed by atoms with Crippen LogP contribution in [-0.2, 0) is 0 Å². The first-order chi connectivity index (χ1) is 18.4. The first-order valence-electron chi connectivity index (χ1n) is 13.0. The van der Waals surface area contributed by atoms with E-state index in [1.54, 1.807) is 48.5 Å². The lowest BCUT2D eigenvalue weighted by Gasteiger charge is -2.13. The third-order valence-electron chi connectivity index (χ3n) is 5.70. The second-order valence-corrected chi connectivity index (χ2v) is 9.16. The first kappa shape index (κ1) is 28.5. The number of esters is 1. The lowest BCUT2D eigenvalue weighted by molar-refractivity contribution is 0.0721. The molecular weight excluding hydrogens is 480 g/mol. The number of fused-ring (bicyclic) bond motifs is 1. The Morgan fingerprint density at radius 3 is 2.45 bits per heavy atom. The van der Waals surface area contributed by atoms with Crippen molar-refractivity contribution in [2.75, 3.05) is 13.2 Å². The van der Waals surface area contributed by atoms with E-state index in [1.165, 1.54) is 11.1 Å². The zero-order chi connectivity index (χ0) is 27.3. The third kappa shape index (κ3) is 8.51. The molecule has 0 aliphatic carbocycles. The molecule has 3 aromatic rings. The maximum Gasteiger partial charge on any atom is 0.383 e. The molecule has 1 aromatic heterocycles. The monoisotopic (exact) mass is 516 g/mol. The minimum atomic E-state index is -0.798. The Bertz CT molecular complexity index is 1360. The Kier molecular flexibility index (Phi) is 11.0. The fourth-order valence-corrected chi connectivity index (χ4v) is 3.67. The van der Waals surface area contributed by atoms with Crippen molar-refractivity contribution in [1.82, 2.24) is 0 Å². The number of allylic oxidation sites excluding steroid dienone is 4. The summed E-state index contributed by atoms with van der Waals surface area (Å²) in [5.74, 6) is -0.207. The van der Waals surface area contributed by atoms with Gasteiger partial charge in [-0.3, -0.25) is 0 Å². The molecule has 0 N–H and O–H groups in total. The van der Waals surface area contributed by atoms with Crippen LogP contribution in [0, 0.1) is 0 Å². The maximum absolute atomic E-state index is 12.9. The summed E-state index contributed by atoms with van der Waals surface area (Å²) in [7, 11) is 0. The summed E-state index contributed by atoms with van der Waals surface area (Å²) in [4.78, 5) is 25.6. The van der Waals surface area contributed by atoms with Gasteiger partial charge in [0.1, 0.15) is 17.9 Å². The largest absolute Gasteiger partial charge is 0.489 e. The van der Waals surface area contributed by atoms with E-state index in [0.717, 1.165) is 19.3 Å². The van der Waals surface area contributed by atoms with Gasteiger partial charge in [-0.15, -0.1) is 0 Å². The molecule has 0 saturated heterocycles. The van der Waals surface area contributed by atoms with E-state index >= 15 is 0 Å². The van der Waals surface area contributed by atoms with Crippen LogP contribution in [0.1, 0.15) is 63.7 Å². The third-order valence-corrected chi connectivity index (χ3v) is 5.70. The first-order valence-corrected chi connectivity index (χ1v) is 13.0. The van der Waals surface area contributed by atoms with E-state index in [9.17, 15) is 9.59 Å². The van der Waals surface area contributed by atoms with Gasteiger partial charge in [0.25, 0.3) is 5.75 Å². The normalized spacial score (nSPS) is 11.5. The van der Waals surface area contributed by atoms with Crippen LogP contribution in [-0.4, -0.2) is 19.2 Å². The molecule has 1 heterocycles. The Balaban J connectivity index is 1.84. The van der Waals surface area contributed by atoms with E-state index in [-0.39, 0.29) is 17.1 Å². The van der Waals surface area contributed by atoms with Gasteiger partial charge in [-0.2, -0.15) is 0 Å². The van der Waals surface area contributed by atoms with Crippen molar-refractivity contribution >= 4 is 16.9 Å². The summed E-state index contributed by atoms with van der Waals surface area (Å²) < 4.78 is 22.9. The quantitative estimate of drug-likeness (QED) is 0.0998. The van der Waals surface area contributed by atoms with Crippen molar-refractivity contribution < 1.29 is 23.4 Å². The molecule has 0 saturated carbocycles. The van der Waals surface area contributed by atoms with E-state index in [1.807, 2.05) is 18.2 Å². The average Bonchev–Trinajstić information content (AvgIpc) is 2.90. The fraction of sp³-hybridized carbons (Fsp3) is 0.312. The molecule has 200 valence electrons. The Labute approximate surface area is 224 Å². The molecule has 38 heavy (non-hydrogen) atoms. The van der Waals surface area contributed by atoms with Gasteiger partial charge < -0.3 is 18.6 Å². The second-order valence-electron chi connectivity index (χ2n) is 9.16. The number of ether oxygens (including phenoxy) is 3. The summed E-state index contributed by atoms with van der Waals surface area (Å²) in [5, 5.41) is 0.515. The Morgan fingerprint density at radius 2 is 1.71 bits per heavy atom. The van der Waals surface area contributed by atoms with E-state index in [0.29, 0.717) is 36.3 Å². The van der Waals surface area contributed by atoms with Crippen LogP contribution in [0.4, 0.5) is 0 Å². The fourth-order valence-electron chi connectivity index (χ4n) is 3.67. The number of hydrogen-bond donors (Lipinski definition) is 0. The highest BCUT2D eigenvalue weighted by Crippen LogP contribution is 2.35. The van der Waals surface area contributed by atoms with Crippen molar-refractivity contribution in [2.45, 2.75) is 53.4 Å². The van der Waals surface area contributed by atoms with Gasteiger partial charge in [-0.05, 0) is 76.8 Å². The van der Waals surface area contributed by atoms with Crippen LogP contribution < -0.4 is 19.8 Å². The highest BCUT2D eigenvalue weighted by Gasteiger charge is 2.22. The average molecular weight is 517 g/mol. The van der Waals surface area contributed by atoms with Crippen LogP contribution >= 0.6 is 0 Å². The van der Waals surface area contributed by atoms with E-state index in [2.05, 4.69) is 33.8 Å². The standard InChI is InChI=1S/C32H36O6/c1-5-6-7-11-20-36-29-27-18-17-26(35-21-19-24(4)14-12-13-23(2)3)22-28(27)37-32(34)30(29)38-31(33)25-15-9-8-10-16-25/h6-10,13,15-19,22H,5,11-12,14,20-21H2,1-4H3. The molecule has 0 aliphatic heterocycles. The molecule has 0 aliphatic rings. The SMILES string of the molecule is CCC=CCCOc1c(OC(=O)c2ccccc2)c(=O)oc2cc(OCC=C(C)CCC=C(C)C)ccc12. The maximum atomic E-state index is 12.9. The number of rotatable bonds is 13. The lowest BCUT2D eigenvalue weighted by atomic mass is 10.1. The molecule has 0 unspecified atom stereocenters. The predicted molar refractivity (Wildman–Crippen MR) is 151 cm³/mol. The van der Waals surface area contributed by atoms with Crippen molar-refractivity contribution in [3.63, 3.8) is 0 Å². The van der Waals surface area contributed by atoms with Gasteiger partial charge >= 0.3 is 11.6 Å². The van der Waals surface area contributed by atoms with Crippen molar-refractivity contribution in [2.24, 2.45) is 0 Å². The number of carbonyl (C=O) groups is 1. The molecule has 6 nitrogen and oxygen atoms in total. The predicted octanol–water partition coefficient (Wildman–Crippen LogP) is 7.82. The summed E-state index contributed by atoms with van der Waals surface area (Å²) in [5.41, 5.74) is 2.36. The Hall–Kier alpha value is -4.06. The van der Waals surface area contributed by atoms with Crippen molar-refractivity contribution in [1.29, 1.82) is 0 Å². The van der Waals surface area contributed by atoms with Crippen molar-refractivity contribution in [3.8, 4) is 17.2 Å². The van der Waals surface area contributed by atoms with Gasteiger partial charge in [0.2, 0.25) is 0 Å². The highest BCUT2D eigenvalue weighted by molar-refractivity contribution is 5.93. The topological polar surface area (TPSA) is 75.0 Å². The molecule has 6 heteroatoms. The molecular formula is C32H36O6. The molecule has 0 spiro atoms. The summed E-state index contributed by atoms with van der Waals surface area (Å²) >= 11 is 0. The minimum absolute atomic E-state index is 0.173. The second kappa shape index (κ2) is 14.6. The summed E-state index contributed by atoms with van der Waals surface area (Å²) in [6.07, 6.45) is 11.8. The van der Waals surface area contributed by atoms with Gasteiger partial charge in [0.05, 0.1) is 17.6 Å². The van der Waals surface area contributed by atoms with E-state index < -0.39 is 11.6 Å². The number of hydrogen-bond acceptors (Lipinski definition) is 6. The zero-order valence-electron chi connectivity index (χ0n) is 22.6. The highest BCUT2D eigenvalue weighted by atomic mass is 16.6. The molecule has 3 rings (SSSR count). The molecule has 0 amide bonds. The van der Waals surface area contributed by atoms with Gasteiger partial charge in [0, 0.05) is 6.07 Å². The molecule has 0 bridgehead atoms. The minimum Gasteiger partial charge on any atom is -0.489 e. The Morgan fingerprint density at radius 1 is 0.921 bits per heavy atom. The molecule has 2 aromatic carbocycles. The summed E-state index contributed by atoms with van der Waals surface area (Å²) in [6.45, 7) is 9.03.